The summed E-state index contributed by atoms with van der Waals surface area (Å²) in [6.45, 7) is 0. The number of rotatable bonds is 0. The van der Waals surface area contributed by atoms with Crippen LogP contribution in [0.5, 0.6) is 0 Å². The first-order valence-corrected chi connectivity index (χ1v) is 0.512. The Labute approximate surface area is 42.4 Å². The van der Waals surface area contributed by atoms with Crippen LogP contribution in [0.1, 0.15) is 7.43 Å². The van der Waals surface area contributed by atoms with Crippen LogP contribution in [0.4, 0.5) is 0 Å². The monoisotopic (exact) mass is 114 g/mol. The van der Waals surface area contributed by atoms with Gasteiger partial charge in [0.2, 0.25) is 0 Å². The van der Waals surface area contributed by atoms with E-state index in [1.54, 1.807) is 0 Å². The first-order chi connectivity index (χ1) is 1.41. The molecule has 0 aromatic heterocycles. The summed E-state index contributed by atoms with van der Waals surface area (Å²) in [5.74, 6) is 0. The smallest absolute Gasteiger partial charge is 0.173 e. The second kappa shape index (κ2) is 45.9. The van der Waals surface area contributed by atoms with E-state index in [2.05, 4.69) is 5.73 Å². The fourth-order valence-corrected chi connectivity index (χ4v) is 0. The van der Waals surface area contributed by atoms with Crippen LogP contribution < -0.4 is 5.73 Å². The van der Waals surface area contributed by atoms with Crippen molar-refractivity contribution in [3.05, 3.63) is 0 Å². The van der Waals surface area contributed by atoms with Gasteiger partial charge in [-0.05, 0) is 0 Å². The minimum Gasteiger partial charge on any atom is -0.337 e. The first-order valence-electron chi connectivity index (χ1n) is 0.512. The zero-order valence-electron chi connectivity index (χ0n) is 1.88. The third kappa shape index (κ3) is 344. The van der Waals surface area contributed by atoms with Crippen molar-refractivity contribution in [3.63, 3.8) is 0 Å². The summed E-state index contributed by atoms with van der Waals surface area (Å²) in [4.78, 5) is 0. The Balaban J connectivity index is -0.0000000200. The van der Waals surface area contributed by atoms with Gasteiger partial charge in [0.05, 0.1) is 0 Å². The first kappa shape index (κ1) is 21.3. The van der Waals surface area contributed by atoms with E-state index in [9.17, 15) is 0 Å². The van der Waals surface area contributed by atoms with Crippen LogP contribution in [-0.4, -0.2) is 0 Å². The molecule has 0 unspecified atom stereocenters. The van der Waals surface area contributed by atoms with Gasteiger partial charge in [-0.25, -0.2) is 0 Å². The maximum absolute atomic E-state index is 7.10. The molecule has 0 aliphatic heterocycles. The third-order valence-electron chi connectivity index (χ3n) is 0. The van der Waals surface area contributed by atoms with E-state index in [1.165, 1.54) is 6.19 Å². The molecule has 0 spiro atoms. The minimum absolute atomic E-state index is 0. The number of nitriles is 1. The Morgan fingerprint density at radius 3 is 1.60 bits per heavy atom. The Kier molecular flexibility index (Phi) is 196. The molecule has 0 fully saturated rings. The van der Waals surface area contributed by atoms with Crippen molar-refractivity contribution in [1.82, 2.24) is 0 Å². The third-order valence-corrected chi connectivity index (χ3v) is 0. The second-order valence-electron chi connectivity index (χ2n) is 0.129. The van der Waals surface area contributed by atoms with Gasteiger partial charge in [-0.15, -0.1) is 0 Å². The largest absolute Gasteiger partial charge is 0.337 e. The van der Waals surface area contributed by atoms with Crippen molar-refractivity contribution in [2.24, 2.45) is 5.73 Å². The molecule has 0 atom stereocenters. The van der Waals surface area contributed by atoms with Crippen LogP contribution >= 0.6 is 0 Å². The van der Waals surface area contributed by atoms with Crippen molar-refractivity contribution in [3.8, 4) is 6.19 Å². The molecule has 0 rings (SSSR count). The number of hydrogen-bond acceptors (Lipinski definition) is 2. The van der Waals surface area contributed by atoms with Crippen LogP contribution in [0.2, 0.25) is 0 Å². The quantitative estimate of drug-likeness (QED) is 0.275. The zero-order chi connectivity index (χ0) is 2.71. The second-order valence-corrected chi connectivity index (χ2v) is 0.129. The van der Waals surface area contributed by atoms with Crippen LogP contribution in [0, 0.1) is 11.5 Å². The summed E-state index contributed by atoms with van der Waals surface area (Å²) in [7, 11) is 0. The van der Waals surface area contributed by atoms with Crippen molar-refractivity contribution in [2.75, 3.05) is 0 Å². The molecule has 0 saturated carbocycles. The average Bonchev–Trinajstić information content (AvgIpc) is 0.918. The molecule has 0 saturated heterocycles. The standard InChI is InChI=1S/CH2N2.CH4.Fe/c2-1-3;;/h2H2;1H4;. The number of hydrogen-bond donors (Lipinski definition) is 1. The normalized spacial score (nSPS) is 1.40. The van der Waals surface area contributed by atoms with Crippen molar-refractivity contribution in [2.45, 2.75) is 7.43 Å². The molecule has 0 aliphatic rings. The topological polar surface area (TPSA) is 49.8 Å². The van der Waals surface area contributed by atoms with Gasteiger partial charge >= 0.3 is 0 Å². The molecule has 0 radical (unpaired) electrons. The Bertz CT molecular complexity index is 29.1. The molecule has 2 nitrogen and oxygen atoms in total. The van der Waals surface area contributed by atoms with Gasteiger partial charge < -0.3 is 5.73 Å². The molecule has 3 heteroatoms. The van der Waals surface area contributed by atoms with Gasteiger partial charge in [0.1, 0.15) is 0 Å². The summed E-state index contributed by atoms with van der Waals surface area (Å²) in [5, 5.41) is 7.10. The van der Waals surface area contributed by atoms with Crippen molar-refractivity contribution < 1.29 is 17.1 Å². The van der Waals surface area contributed by atoms with E-state index in [0.29, 0.717) is 0 Å². The van der Waals surface area contributed by atoms with Crippen molar-refractivity contribution >= 4 is 0 Å². The van der Waals surface area contributed by atoms with E-state index < -0.39 is 0 Å². The molecule has 0 amide bonds. The summed E-state index contributed by atoms with van der Waals surface area (Å²) in [6.07, 6.45) is 1.25. The van der Waals surface area contributed by atoms with E-state index in [1.807, 2.05) is 0 Å². The fraction of sp³-hybridized carbons (Fsp3) is 0.500. The van der Waals surface area contributed by atoms with Gasteiger partial charge in [0.25, 0.3) is 0 Å². The summed E-state index contributed by atoms with van der Waals surface area (Å²) in [5.41, 5.74) is 4.15. The summed E-state index contributed by atoms with van der Waals surface area (Å²) < 4.78 is 0. The molecule has 0 bridgehead atoms. The fourth-order valence-electron chi connectivity index (χ4n) is 0. The van der Waals surface area contributed by atoms with E-state index >= 15 is 0 Å². The van der Waals surface area contributed by atoms with Crippen LogP contribution in [0.3, 0.4) is 0 Å². The predicted octanol–water partition coefficient (Wildman–Crippen LogP) is 0.0598. The summed E-state index contributed by atoms with van der Waals surface area (Å²) in [6, 6.07) is 0. The maximum Gasteiger partial charge on any atom is 0.173 e. The number of nitrogens with two attached hydrogens (primary N) is 1. The molecule has 5 heavy (non-hydrogen) atoms. The molecular formula is C2H6FeN2. The molecule has 32 valence electrons. The molecule has 0 aromatic rings. The van der Waals surface area contributed by atoms with Gasteiger partial charge in [0, 0.05) is 17.1 Å². The molecule has 0 aliphatic carbocycles. The molecule has 0 heterocycles. The van der Waals surface area contributed by atoms with Gasteiger partial charge in [-0.2, -0.15) is 5.26 Å². The van der Waals surface area contributed by atoms with Crippen molar-refractivity contribution in [1.29, 1.82) is 5.26 Å². The minimum atomic E-state index is 0. The number of nitrogens with zero attached hydrogens (tertiary/aromatic N) is 1. The summed E-state index contributed by atoms with van der Waals surface area (Å²) >= 11 is 0. The van der Waals surface area contributed by atoms with E-state index in [0.717, 1.165) is 0 Å². The molecule has 2 N–H and O–H groups in total. The van der Waals surface area contributed by atoms with Crippen LogP contribution in [0.25, 0.3) is 0 Å². The molecular weight excluding hydrogens is 108 g/mol. The van der Waals surface area contributed by atoms with Gasteiger partial charge in [0.15, 0.2) is 6.19 Å². The van der Waals surface area contributed by atoms with Gasteiger partial charge in [-0.1, -0.05) is 7.43 Å². The zero-order valence-corrected chi connectivity index (χ0v) is 2.98. The average molecular weight is 114 g/mol. The van der Waals surface area contributed by atoms with Gasteiger partial charge in [-0.3, -0.25) is 0 Å². The Morgan fingerprint density at radius 2 is 1.60 bits per heavy atom. The van der Waals surface area contributed by atoms with E-state index in [-0.39, 0.29) is 24.5 Å². The SMILES string of the molecule is C.N#CN.[Fe]. The Morgan fingerprint density at radius 1 is 1.60 bits per heavy atom. The van der Waals surface area contributed by atoms with Crippen LogP contribution in [-0.2, 0) is 17.1 Å². The molecule has 0 aromatic carbocycles. The van der Waals surface area contributed by atoms with E-state index in [4.69, 9.17) is 5.26 Å². The van der Waals surface area contributed by atoms with Crippen LogP contribution in [0.15, 0.2) is 0 Å². The Hall–Kier alpha value is -0.191. The maximum atomic E-state index is 7.10. The predicted molar refractivity (Wildman–Crippen MR) is 16.5 cm³/mol.